The third-order valence-electron chi connectivity index (χ3n) is 3.77. The Morgan fingerprint density at radius 1 is 0.579 bits per heavy atom. The van der Waals surface area contributed by atoms with E-state index in [2.05, 4.69) is 6.92 Å². The fourth-order valence-electron chi connectivity index (χ4n) is 2.39. The molecule has 0 atom stereocenters. The van der Waals surface area contributed by atoms with Gasteiger partial charge in [-0.15, -0.1) is 0 Å². The first-order valence-electron chi connectivity index (χ1n) is 7.90. The van der Waals surface area contributed by atoms with Crippen molar-refractivity contribution in [2.45, 2.75) is 75.9 Å². The van der Waals surface area contributed by atoms with Gasteiger partial charge in [-0.2, -0.15) is 0 Å². The van der Waals surface area contributed by atoms with Gasteiger partial charge in [0.2, 0.25) is 0 Å². The van der Waals surface area contributed by atoms with Crippen molar-refractivity contribution in [1.82, 2.24) is 0 Å². The molecule has 0 aliphatic carbocycles. The summed E-state index contributed by atoms with van der Waals surface area (Å²) in [6.07, 6.45) is 13.5. The summed E-state index contributed by atoms with van der Waals surface area (Å²) in [7, 11) is 5.13. The van der Waals surface area contributed by atoms with Crippen LogP contribution in [0.4, 0.5) is 0 Å². The van der Waals surface area contributed by atoms with Crippen LogP contribution in [0.15, 0.2) is 0 Å². The Balaban J connectivity index is 3.35. The van der Waals surface area contributed by atoms with Crippen LogP contribution in [-0.2, 0) is 27.7 Å². The number of hydrogen-bond acceptors (Lipinski definition) is 3. The molecule has 0 fully saturated rings. The Morgan fingerprint density at radius 3 is 1.32 bits per heavy atom. The minimum absolute atomic E-state index is 0.986. The summed E-state index contributed by atoms with van der Waals surface area (Å²) in [4.78, 5) is 0. The van der Waals surface area contributed by atoms with Gasteiger partial charge in [-0.1, -0.05) is 0 Å². The molecule has 0 radical (unpaired) electrons. The molecular formula is C15H34O3Ti. The van der Waals surface area contributed by atoms with Gasteiger partial charge in [-0.3, -0.25) is 0 Å². The fourth-order valence-corrected chi connectivity index (χ4v) is 5.19. The van der Waals surface area contributed by atoms with Gasteiger partial charge in [0.15, 0.2) is 0 Å². The van der Waals surface area contributed by atoms with E-state index in [4.69, 9.17) is 9.96 Å². The van der Waals surface area contributed by atoms with Crippen molar-refractivity contribution in [3.8, 4) is 0 Å². The zero-order valence-electron chi connectivity index (χ0n) is 13.5. The molecule has 3 nitrogen and oxygen atoms in total. The standard InChI is InChI=1S/C12H25.3CH3O.Ti/c1-3-5-7-9-11-12-10-8-6-4-2;3*1-2;/h1,3-12H2,2H3;3*1H3;/q;3*-1;+3. The van der Waals surface area contributed by atoms with Gasteiger partial charge in [0.25, 0.3) is 0 Å². The second-order valence-electron chi connectivity index (χ2n) is 5.23. The average Bonchev–Trinajstić information content (AvgIpc) is 2.46. The van der Waals surface area contributed by atoms with Crippen LogP contribution in [0.25, 0.3) is 0 Å². The second-order valence-corrected chi connectivity index (χ2v) is 10.1. The molecule has 116 valence electrons. The van der Waals surface area contributed by atoms with E-state index in [-0.39, 0.29) is 0 Å². The molecule has 0 amide bonds. The first-order valence-corrected chi connectivity index (χ1v) is 10.9. The van der Waals surface area contributed by atoms with Crippen LogP contribution in [0.2, 0.25) is 4.73 Å². The van der Waals surface area contributed by atoms with Gasteiger partial charge in [-0.05, 0) is 0 Å². The summed E-state index contributed by atoms with van der Waals surface area (Å²) >= 11 is -2.82. The molecule has 0 unspecified atom stereocenters. The van der Waals surface area contributed by atoms with Crippen molar-refractivity contribution >= 4 is 0 Å². The summed E-state index contributed by atoms with van der Waals surface area (Å²) in [5.74, 6) is 0. The van der Waals surface area contributed by atoms with Gasteiger partial charge in [0, 0.05) is 0 Å². The topological polar surface area (TPSA) is 27.7 Å². The Kier molecular flexibility index (Phi) is 14.0. The van der Waals surface area contributed by atoms with Crippen LogP contribution in [0.3, 0.4) is 0 Å². The number of rotatable bonds is 14. The van der Waals surface area contributed by atoms with Crippen molar-refractivity contribution in [2.75, 3.05) is 21.3 Å². The Bertz CT molecular complexity index is 176. The predicted octanol–water partition coefficient (Wildman–Crippen LogP) is 5.16. The maximum atomic E-state index is 5.46. The summed E-state index contributed by atoms with van der Waals surface area (Å²) in [5.41, 5.74) is 0. The Morgan fingerprint density at radius 2 is 0.947 bits per heavy atom. The van der Waals surface area contributed by atoms with E-state index in [0.29, 0.717) is 0 Å². The van der Waals surface area contributed by atoms with E-state index in [1.165, 1.54) is 64.2 Å². The molecule has 0 bridgehead atoms. The summed E-state index contributed by atoms with van der Waals surface area (Å²) < 4.78 is 17.4. The van der Waals surface area contributed by atoms with Crippen molar-refractivity contribution < 1.29 is 27.7 Å². The SMILES string of the molecule is CCCCCCCCCCC[CH2][Ti]([O]C)([O]C)[O]C. The van der Waals surface area contributed by atoms with E-state index >= 15 is 0 Å². The molecule has 0 aromatic rings. The predicted molar refractivity (Wildman–Crippen MR) is 77.7 cm³/mol. The molecule has 0 aromatic carbocycles. The van der Waals surface area contributed by atoms with Crippen molar-refractivity contribution in [1.29, 1.82) is 0 Å². The Labute approximate surface area is 125 Å². The zero-order chi connectivity index (χ0) is 14.4. The number of hydrogen-bond donors (Lipinski definition) is 0. The first kappa shape index (κ1) is 19.6. The molecule has 0 rings (SSSR count). The van der Waals surface area contributed by atoms with Crippen molar-refractivity contribution in [2.24, 2.45) is 0 Å². The summed E-state index contributed by atoms with van der Waals surface area (Å²) in [6.45, 7) is 2.27. The van der Waals surface area contributed by atoms with Gasteiger partial charge in [-0.25, -0.2) is 0 Å². The molecule has 0 heterocycles. The van der Waals surface area contributed by atoms with E-state index in [9.17, 15) is 0 Å². The molecule has 0 aliphatic rings. The van der Waals surface area contributed by atoms with Crippen LogP contribution in [0.1, 0.15) is 71.1 Å². The quantitative estimate of drug-likeness (QED) is 0.327. The third kappa shape index (κ3) is 10.0. The van der Waals surface area contributed by atoms with Gasteiger partial charge < -0.3 is 0 Å². The van der Waals surface area contributed by atoms with Crippen LogP contribution in [0, 0.1) is 0 Å². The molecular weight excluding hydrogens is 276 g/mol. The van der Waals surface area contributed by atoms with E-state index in [0.717, 1.165) is 4.73 Å². The van der Waals surface area contributed by atoms with Crippen molar-refractivity contribution in [3.05, 3.63) is 0 Å². The molecule has 19 heavy (non-hydrogen) atoms. The average molecular weight is 310 g/mol. The molecule has 4 heteroatoms. The number of unbranched alkanes of at least 4 members (excludes halogenated alkanes) is 9. The van der Waals surface area contributed by atoms with Crippen LogP contribution in [0.5, 0.6) is 0 Å². The van der Waals surface area contributed by atoms with Crippen LogP contribution >= 0.6 is 0 Å². The monoisotopic (exact) mass is 310 g/mol. The van der Waals surface area contributed by atoms with Crippen LogP contribution < -0.4 is 0 Å². The molecule has 0 aromatic heterocycles. The maximum absolute atomic E-state index is 5.46. The third-order valence-corrected chi connectivity index (χ3v) is 8.19. The van der Waals surface area contributed by atoms with E-state index < -0.39 is 17.8 Å². The van der Waals surface area contributed by atoms with Gasteiger partial charge in [0.1, 0.15) is 0 Å². The molecule has 0 saturated carbocycles. The normalized spacial score (nSPS) is 12.0. The molecule has 0 spiro atoms. The summed E-state index contributed by atoms with van der Waals surface area (Å²) in [6, 6.07) is 0. The van der Waals surface area contributed by atoms with E-state index in [1.807, 2.05) is 0 Å². The first-order chi connectivity index (χ1) is 9.24. The van der Waals surface area contributed by atoms with Crippen molar-refractivity contribution in [3.63, 3.8) is 0 Å². The van der Waals surface area contributed by atoms with Crippen LogP contribution in [-0.4, -0.2) is 21.3 Å². The van der Waals surface area contributed by atoms with Gasteiger partial charge in [0.05, 0.1) is 0 Å². The summed E-state index contributed by atoms with van der Waals surface area (Å²) in [5, 5.41) is 0. The zero-order valence-corrected chi connectivity index (χ0v) is 15.1. The van der Waals surface area contributed by atoms with E-state index in [1.54, 1.807) is 21.3 Å². The Hall–Kier alpha value is 0.594. The minimum atomic E-state index is -2.82. The molecule has 0 N–H and O–H groups in total. The van der Waals surface area contributed by atoms with Gasteiger partial charge >= 0.3 is 125 Å². The second kappa shape index (κ2) is 13.6. The molecule has 0 saturated heterocycles. The molecule has 0 aliphatic heterocycles. The fraction of sp³-hybridized carbons (Fsp3) is 1.00.